The number of nitrogens with zero attached hydrogens (tertiary/aromatic N) is 2. The minimum atomic E-state index is -3.85. The van der Waals surface area contributed by atoms with Gasteiger partial charge in [-0.1, -0.05) is 23.7 Å². The second-order valence-electron chi connectivity index (χ2n) is 7.88. The average Bonchev–Trinajstić information content (AvgIpc) is 3.36. The molecule has 8 nitrogen and oxygen atoms in total. The maximum Gasteiger partial charge on any atom is 0.242 e. The first-order chi connectivity index (χ1) is 15.2. The molecule has 2 aliphatic rings. The summed E-state index contributed by atoms with van der Waals surface area (Å²) in [7, 11) is -7.55. The van der Waals surface area contributed by atoms with Crippen LogP contribution in [0.3, 0.4) is 0 Å². The SMILES string of the molecule is O=C1CCS(=O)(=O)N1c1ccc(S(=O)(=O)NC[C@@H](c2cccc(Cl)c2)N2CCCC2)cc1. The van der Waals surface area contributed by atoms with Crippen LogP contribution < -0.4 is 9.03 Å². The van der Waals surface area contributed by atoms with E-state index in [1.807, 2.05) is 18.2 Å². The molecule has 11 heteroatoms. The van der Waals surface area contributed by atoms with E-state index < -0.39 is 26.0 Å². The summed E-state index contributed by atoms with van der Waals surface area (Å²) in [5.41, 5.74) is 1.08. The van der Waals surface area contributed by atoms with Crippen LogP contribution in [0.1, 0.15) is 30.9 Å². The van der Waals surface area contributed by atoms with Gasteiger partial charge in [0.25, 0.3) is 0 Å². The molecule has 4 rings (SSSR count). The normalized spacial score (nSPS) is 20.0. The predicted molar refractivity (Wildman–Crippen MR) is 123 cm³/mol. The second kappa shape index (κ2) is 9.11. The van der Waals surface area contributed by atoms with E-state index in [9.17, 15) is 21.6 Å². The third-order valence-electron chi connectivity index (χ3n) is 5.74. The molecule has 2 fully saturated rings. The molecule has 0 unspecified atom stereocenters. The molecule has 2 aliphatic heterocycles. The lowest BCUT2D eigenvalue weighted by Crippen LogP contribution is -2.36. The molecule has 0 radical (unpaired) electrons. The van der Waals surface area contributed by atoms with Gasteiger partial charge in [-0.25, -0.2) is 25.9 Å². The largest absolute Gasteiger partial charge is 0.295 e. The Kier molecular flexibility index (Phi) is 6.60. The van der Waals surface area contributed by atoms with Crippen molar-refractivity contribution in [2.45, 2.75) is 30.2 Å². The van der Waals surface area contributed by atoms with Crippen molar-refractivity contribution < 1.29 is 21.6 Å². The third-order valence-corrected chi connectivity index (χ3v) is 9.11. The summed E-state index contributed by atoms with van der Waals surface area (Å²) in [6.45, 7) is 1.93. The number of anilines is 1. The van der Waals surface area contributed by atoms with E-state index in [-0.39, 0.29) is 35.3 Å². The van der Waals surface area contributed by atoms with Gasteiger partial charge in [-0.15, -0.1) is 0 Å². The minimum absolute atomic E-state index is 0.00319. The standard InChI is InChI=1S/C21H24ClN3O5S2/c22-17-5-3-4-16(14-17)20(24-11-1-2-12-24)15-23-32(29,30)19-8-6-18(7-9-19)25-21(26)10-13-31(25,27)28/h3-9,14,20,23H,1-2,10-13,15H2/t20-/m0/s1. The molecule has 2 aromatic carbocycles. The van der Waals surface area contributed by atoms with Gasteiger partial charge in [0.1, 0.15) is 0 Å². The van der Waals surface area contributed by atoms with Crippen LogP contribution in [-0.2, 0) is 24.8 Å². The summed E-state index contributed by atoms with van der Waals surface area (Å²) >= 11 is 6.15. The van der Waals surface area contributed by atoms with E-state index >= 15 is 0 Å². The van der Waals surface area contributed by atoms with Crippen LogP contribution in [0.15, 0.2) is 53.4 Å². The number of carbonyl (C=O) groups excluding carboxylic acids is 1. The lowest BCUT2D eigenvalue weighted by Gasteiger charge is -2.28. The summed E-state index contributed by atoms with van der Waals surface area (Å²) in [5.74, 6) is -0.761. The van der Waals surface area contributed by atoms with Gasteiger partial charge in [-0.2, -0.15) is 0 Å². The highest BCUT2D eigenvalue weighted by Crippen LogP contribution is 2.28. The Morgan fingerprint density at radius 3 is 2.34 bits per heavy atom. The van der Waals surface area contributed by atoms with Gasteiger partial charge in [0.05, 0.1) is 16.3 Å². The number of halogens is 1. The fraction of sp³-hybridized carbons (Fsp3) is 0.381. The Balaban J connectivity index is 1.52. The Morgan fingerprint density at radius 2 is 1.75 bits per heavy atom. The molecule has 0 spiro atoms. The topological polar surface area (TPSA) is 104 Å². The quantitative estimate of drug-likeness (QED) is 0.630. The van der Waals surface area contributed by atoms with Crippen LogP contribution in [0.5, 0.6) is 0 Å². The monoisotopic (exact) mass is 497 g/mol. The number of carbonyl (C=O) groups is 1. The van der Waals surface area contributed by atoms with Crippen molar-refractivity contribution in [1.29, 1.82) is 0 Å². The first-order valence-electron chi connectivity index (χ1n) is 10.3. The highest BCUT2D eigenvalue weighted by molar-refractivity contribution is 7.94. The summed E-state index contributed by atoms with van der Waals surface area (Å²) in [4.78, 5) is 14.2. The van der Waals surface area contributed by atoms with Gasteiger partial charge in [-0.05, 0) is 67.9 Å². The molecule has 172 valence electrons. The number of amides is 1. The van der Waals surface area contributed by atoms with Crippen molar-refractivity contribution in [3.05, 3.63) is 59.1 Å². The first kappa shape index (κ1) is 23.2. The number of benzene rings is 2. The van der Waals surface area contributed by atoms with Crippen molar-refractivity contribution in [3.8, 4) is 0 Å². The van der Waals surface area contributed by atoms with E-state index in [1.165, 1.54) is 24.3 Å². The highest BCUT2D eigenvalue weighted by atomic mass is 35.5. The van der Waals surface area contributed by atoms with Crippen molar-refractivity contribution in [1.82, 2.24) is 9.62 Å². The van der Waals surface area contributed by atoms with Crippen molar-refractivity contribution >= 4 is 43.2 Å². The van der Waals surface area contributed by atoms with E-state index in [2.05, 4.69) is 9.62 Å². The molecule has 0 aliphatic carbocycles. The fourth-order valence-electron chi connectivity index (χ4n) is 4.13. The second-order valence-corrected chi connectivity index (χ2v) is 12.0. The molecular formula is C21H24ClN3O5S2. The molecule has 0 aromatic heterocycles. The number of rotatable bonds is 7. The Labute approximate surface area is 193 Å². The number of hydrogen-bond acceptors (Lipinski definition) is 6. The molecule has 1 amide bonds. The van der Waals surface area contributed by atoms with E-state index in [4.69, 9.17) is 11.6 Å². The molecule has 0 bridgehead atoms. The van der Waals surface area contributed by atoms with Gasteiger partial charge in [0, 0.05) is 24.0 Å². The van der Waals surface area contributed by atoms with Crippen LogP contribution in [0.25, 0.3) is 0 Å². The van der Waals surface area contributed by atoms with E-state index in [0.29, 0.717) is 5.02 Å². The Morgan fingerprint density at radius 1 is 1.06 bits per heavy atom. The lowest BCUT2D eigenvalue weighted by atomic mass is 10.1. The van der Waals surface area contributed by atoms with Gasteiger partial charge in [-0.3, -0.25) is 9.69 Å². The van der Waals surface area contributed by atoms with E-state index in [1.54, 1.807) is 6.07 Å². The van der Waals surface area contributed by atoms with Gasteiger partial charge >= 0.3 is 0 Å². The zero-order chi connectivity index (χ0) is 22.9. The molecule has 32 heavy (non-hydrogen) atoms. The molecule has 1 atom stereocenters. The van der Waals surface area contributed by atoms with Crippen LogP contribution in [0.4, 0.5) is 5.69 Å². The summed E-state index contributed by atoms with van der Waals surface area (Å²) < 4.78 is 53.4. The maximum absolute atomic E-state index is 12.9. The van der Waals surface area contributed by atoms with Gasteiger partial charge in [0.15, 0.2) is 0 Å². The van der Waals surface area contributed by atoms with Crippen LogP contribution in [0.2, 0.25) is 5.02 Å². The molecule has 1 N–H and O–H groups in total. The zero-order valence-electron chi connectivity index (χ0n) is 17.3. The number of hydrogen-bond donors (Lipinski definition) is 1. The zero-order valence-corrected chi connectivity index (χ0v) is 19.7. The summed E-state index contributed by atoms with van der Waals surface area (Å²) in [6, 6.07) is 12.6. The van der Waals surface area contributed by atoms with Crippen LogP contribution in [-0.4, -0.2) is 53.0 Å². The third kappa shape index (κ3) is 4.84. The molecular weight excluding hydrogens is 474 g/mol. The van der Waals surface area contributed by atoms with Crippen molar-refractivity contribution in [2.24, 2.45) is 0 Å². The summed E-state index contributed by atoms with van der Waals surface area (Å²) in [5, 5.41) is 0.594. The maximum atomic E-state index is 12.9. The Bertz CT molecular complexity index is 1210. The fourth-order valence-corrected chi connectivity index (χ4v) is 6.82. The number of sulfonamides is 2. The van der Waals surface area contributed by atoms with Crippen molar-refractivity contribution in [3.63, 3.8) is 0 Å². The van der Waals surface area contributed by atoms with E-state index in [0.717, 1.165) is 35.8 Å². The predicted octanol–water partition coefficient (Wildman–Crippen LogP) is 2.52. The number of nitrogens with one attached hydrogen (secondary N) is 1. The average molecular weight is 498 g/mol. The van der Waals surface area contributed by atoms with Crippen LogP contribution >= 0.6 is 11.6 Å². The van der Waals surface area contributed by atoms with Crippen molar-refractivity contribution in [2.75, 3.05) is 29.7 Å². The van der Waals surface area contributed by atoms with Crippen LogP contribution in [0, 0.1) is 0 Å². The highest BCUT2D eigenvalue weighted by Gasteiger charge is 2.36. The molecule has 2 heterocycles. The Hall–Kier alpha value is -1.98. The van der Waals surface area contributed by atoms with Gasteiger partial charge < -0.3 is 0 Å². The lowest BCUT2D eigenvalue weighted by molar-refractivity contribution is -0.116. The number of likely N-dealkylation sites (tertiary alicyclic amines) is 1. The smallest absolute Gasteiger partial charge is 0.242 e. The molecule has 2 aromatic rings. The van der Waals surface area contributed by atoms with Gasteiger partial charge in [0.2, 0.25) is 26.0 Å². The first-order valence-corrected chi connectivity index (χ1v) is 13.8. The summed E-state index contributed by atoms with van der Waals surface area (Å²) in [6.07, 6.45) is 2.04. The minimum Gasteiger partial charge on any atom is -0.295 e. The molecule has 0 saturated carbocycles. The molecule has 2 saturated heterocycles.